The Labute approximate surface area is 190 Å². The van der Waals surface area contributed by atoms with E-state index < -0.39 is 0 Å². The van der Waals surface area contributed by atoms with Crippen molar-refractivity contribution in [2.45, 2.75) is 6.04 Å². The summed E-state index contributed by atoms with van der Waals surface area (Å²) in [4.78, 5) is 26.1. The summed E-state index contributed by atoms with van der Waals surface area (Å²) >= 11 is 1.37. The largest absolute Gasteiger partial charge is 0.497 e. The van der Waals surface area contributed by atoms with Crippen molar-refractivity contribution in [3.8, 4) is 5.75 Å². The monoisotopic (exact) mass is 442 g/mol. The van der Waals surface area contributed by atoms with Crippen LogP contribution in [0.5, 0.6) is 5.75 Å². The van der Waals surface area contributed by atoms with Gasteiger partial charge in [0.2, 0.25) is 0 Å². The number of rotatable bonds is 7. The zero-order valence-electron chi connectivity index (χ0n) is 17.4. The lowest BCUT2D eigenvalue weighted by Gasteiger charge is -2.20. The van der Waals surface area contributed by atoms with E-state index in [1.54, 1.807) is 37.4 Å². The summed E-state index contributed by atoms with van der Waals surface area (Å²) < 4.78 is 5.26. The summed E-state index contributed by atoms with van der Waals surface area (Å²) in [5.41, 5.74) is 2.93. The molecule has 0 aliphatic rings. The summed E-state index contributed by atoms with van der Waals surface area (Å²) in [5, 5.41) is 7.82. The minimum Gasteiger partial charge on any atom is -0.497 e. The van der Waals surface area contributed by atoms with Gasteiger partial charge in [0.05, 0.1) is 18.0 Å². The van der Waals surface area contributed by atoms with E-state index in [4.69, 9.17) is 4.74 Å². The predicted molar refractivity (Wildman–Crippen MR) is 127 cm³/mol. The number of carbonyl (C=O) groups is 2. The Bertz CT molecular complexity index is 1190. The van der Waals surface area contributed by atoms with Crippen molar-refractivity contribution < 1.29 is 14.3 Å². The van der Waals surface area contributed by atoms with Gasteiger partial charge in [-0.2, -0.15) is 0 Å². The van der Waals surface area contributed by atoms with Crippen molar-refractivity contribution in [1.29, 1.82) is 0 Å². The molecular formula is C26H22N2O3S. The lowest BCUT2D eigenvalue weighted by Crippen LogP contribution is -2.29. The highest BCUT2D eigenvalue weighted by Crippen LogP contribution is 2.25. The molecule has 1 aromatic heterocycles. The van der Waals surface area contributed by atoms with Crippen LogP contribution < -0.4 is 15.4 Å². The van der Waals surface area contributed by atoms with E-state index in [9.17, 15) is 9.59 Å². The van der Waals surface area contributed by atoms with Crippen molar-refractivity contribution >= 4 is 28.8 Å². The number of amides is 2. The van der Waals surface area contributed by atoms with E-state index in [1.807, 2.05) is 66.0 Å². The Kier molecular flexibility index (Phi) is 6.63. The van der Waals surface area contributed by atoms with Crippen molar-refractivity contribution in [2.75, 3.05) is 12.4 Å². The third-order valence-electron chi connectivity index (χ3n) is 4.99. The van der Waals surface area contributed by atoms with Crippen molar-refractivity contribution in [2.24, 2.45) is 0 Å². The molecule has 1 unspecified atom stereocenters. The minimum atomic E-state index is -0.334. The Morgan fingerprint density at radius 1 is 0.812 bits per heavy atom. The SMILES string of the molecule is COc1ccc(C(NC(=O)c2cccc(NC(=O)c3cccs3)c2)c2ccccc2)cc1. The van der Waals surface area contributed by atoms with Gasteiger partial charge in [-0.1, -0.05) is 54.6 Å². The number of hydrogen-bond acceptors (Lipinski definition) is 4. The van der Waals surface area contributed by atoms with Gasteiger partial charge in [0.15, 0.2) is 0 Å². The molecule has 160 valence electrons. The molecule has 4 aromatic rings. The molecule has 0 spiro atoms. The van der Waals surface area contributed by atoms with Gasteiger partial charge in [-0.3, -0.25) is 9.59 Å². The van der Waals surface area contributed by atoms with Crippen LogP contribution >= 0.6 is 11.3 Å². The van der Waals surface area contributed by atoms with Crippen LogP contribution in [0.25, 0.3) is 0 Å². The van der Waals surface area contributed by atoms with Crippen LogP contribution in [0.15, 0.2) is 96.4 Å². The molecule has 4 rings (SSSR count). The van der Waals surface area contributed by atoms with E-state index in [-0.39, 0.29) is 17.9 Å². The molecular weight excluding hydrogens is 420 g/mol. The zero-order valence-corrected chi connectivity index (χ0v) is 18.3. The third kappa shape index (κ3) is 5.04. The Balaban J connectivity index is 1.56. The number of methoxy groups -OCH3 is 1. The van der Waals surface area contributed by atoms with Crippen LogP contribution in [0.4, 0.5) is 5.69 Å². The molecule has 1 heterocycles. The summed E-state index contributed by atoms with van der Waals surface area (Å²) in [7, 11) is 1.62. The van der Waals surface area contributed by atoms with E-state index in [0.29, 0.717) is 16.1 Å². The van der Waals surface area contributed by atoms with E-state index in [0.717, 1.165) is 16.9 Å². The molecule has 0 aliphatic heterocycles. The first-order valence-corrected chi connectivity index (χ1v) is 11.0. The fraction of sp³-hybridized carbons (Fsp3) is 0.0769. The second-order valence-electron chi connectivity index (χ2n) is 7.10. The first kappa shape index (κ1) is 21.3. The van der Waals surface area contributed by atoms with Crippen LogP contribution in [-0.4, -0.2) is 18.9 Å². The molecule has 0 bridgehead atoms. The number of thiophene rings is 1. The fourth-order valence-electron chi connectivity index (χ4n) is 3.35. The predicted octanol–water partition coefficient (Wildman–Crippen LogP) is 5.53. The van der Waals surface area contributed by atoms with Crippen molar-refractivity contribution in [1.82, 2.24) is 5.32 Å². The number of carbonyl (C=O) groups excluding carboxylic acids is 2. The average molecular weight is 443 g/mol. The third-order valence-corrected chi connectivity index (χ3v) is 5.85. The molecule has 3 aromatic carbocycles. The average Bonchev–Trinajstić information content (AvgIpc) is 3.39. The van der Waals surface area contributed by atoms with Gasteiger partial charge in [-0.25, -0.2) is 0 Å². The second-order valence-corrected chi connectivity index (χ2v) is 8.05. The summed E-state index contributed by atoms with van der Waals surface area (Å²) in [6.45, 7) is 0. The molecule has 1 atom stereocenters. The van der Waals surface area contributed by atoms with E-state index in [2.05, 4.69) is 10.6 Å². The highest BCUT2D eigenvalue weighted by molar-refractivity contribution is 7.12. The maximum absolute atomic E-state index is 13.1. The Morgan fingerprint density at radius 2 is 1.56 bits per heavy atom. The number of nitrogens with one attached hydrogen (secondary N) is 2. The van der Waals surface area contributed by atoms with Gasteiger partial charge in [-0.05, 0) is 52.9 Å². The summed E-state index contributed by atoms with van der Waals surface area (Å²) in [6, 6.07) is 27.6. The zero-order chi connectivity index (χ0) is 22.3. The molecule has 0 saturated carbocycles. The molecule has 6 heteroatoms. The van der Waals surface area contributed by atoms with Crippen LogP contribution in [-0.2, 0) is 0 Å². The van der Waals surface area contributed by atoms with E-state index in [1.165, 1.54) is 11.3 Å². The lowest BCUT2D eigenvalue weighted by molar-refractivity contribution is 0.0941. The van der Waals surface area contributed by atoms with Crippen LogP contribution in [0.2, 0.25) is 0 Å². The van der Waals surface area contributed by atoms with Crippen molar-refractivity contribution in [3.63, 3.8) is 0 Å². The van der Waals surface area contributed by atoms with Gasteiger partial charge in [0, 0.05) is 11.3 Å². The van der Waals surface area contributed by atoms with Crippen LogP contribution in [0.3, 0.4) is 0 Å². The Hall–Kier alpha value is -3.90. The highest BCUT2D eigenvalue weighted by atomic mass is 32.1. The molecule has 0 saturated heterocycles. The normalized spacial score (nSPS) is 11.4. The van der Waals surface area contributed by atoms with Crippen molar-refractivity contribution in [3.05, 3.63) is 118 Å². The molecule has 32 heavy (non-hydrogen) atoms. The quantitative estimate of drug-likeness (QED) is 0.396. The second kappa shape index (κ2) is 9.94. The fourth-order valence-corrected chi connectivity index (χ4v) is 3.97. The number of anilines is 1. The molecule has 2 amide bonds. The van der Waals surface area contributed by atoms with Gasteiger partial charge >= 0.3 is 0 Å². The smallest absolute Gasteiger partial charge is 0.265 e. The summed E-state index contributed by atoms with van der Waals surface area (Å²) in [5.74, 6) is 0.320. The van der Waals surface area contributed by atoms with Crippen LogP contribution in [0, 0.1) is 0 Å². The maximum Gasteiger partial charge on any atom is 0.265 e. The Morgan fingerprint density at radius 3 is 2.25 bits per heavy atom. The number of ether oxygens (including phenoxy) is 1. The van der Waals surface area contributed by atoms with Gasteiger partial charge in [-0.15, -0.1) is 11.3 Å². The van der Waals surface area contributed by atoms with Gasteiger partial charge < -0.3 is 15.4 Å². The summed E-state index contributed by atoms with van der Waals surface area (Å²) in [6.07, 6.45) is 0. The van der Waals surface area contributed by atoms with E-state index >= 15 is 0 Å². The lowest BCUT2D eigenvalue weighted by atomic mass is 9.98. The maximum atomic E-state index is 13.1. The first-order chi connectivity index (χ1) is 15.6. The number of benzene rings is 3. The molecule has 5 nitrogen and oxygen atoms in total. The standard InChI is InChI=1S/C26H22N2O3S/c1-31-22-14-12-19(13-15-22)24(18-7-3-2-4-8-18)28-25(29)20-9-5-10-21(17-20)27-26(30)23-11-6-16-32-23/h2-17,24H,1H3,(H,27,30)(H,28,29). The highest BCUT2D eigenvalue weighted by Gasteiger charge is 2.18. The number of hydrogen-bond donors (Lipinski definition) is 2. The minimum absolute atomic E-state index is 0.196. The molecule has 2 N–H and O–H groups in total. The molecule has 0 radical (unpaired) electrons. The van der Waals surface area contributed by atoms with Crippen LogP contribution in [0.1, 0.15) is 37.2 Å². The first-order valence-electron chi connectivity index (χ1n) is 10.1. The van der Waals surface area contributed by atoms with Gasteiger partial charge in [0.1, 0.15) is 5.75 Å². The topological polar surface area (TPSA) is 67.4 Å². The molecule has 0 fully saturated rings. The molecule has 0 aliphatic carbocycles. The van der Waals surface area contributed by atoms with Gasteiger partial charge in [0.25, 0.3) is 11.8 Å².